The first kappa shape index (κ1) is 21.0. The van der Waals surface area contributed by atoms with Gasteiger partial charge >= 0.3 is 5.97 Å². The van der Waals surface area contributed by atoms with Gasteiger partial charge in [-0.2, -0.15) is 0 Å². The largest absolute Gasteiger partial charge is 0.480 e. The van der Waals surface area contributed by atoms with E-state index in [1.807, 2.05) is 36.4 Å². The smallest absolute Gasteiger partial charge is 0.326 e. The van der Waals surface area contributed by atoms with Crippen LogP contribution in [0.15, 0.2) is 97.1 Å². The highest BCUT2D eigenvalue weighted by atomic mass is 16.4. The van der Waals surface area contributed by atoms with Crippen molar-refractivity contribution in [3.63, 3.8) is 0 Å². The van der Waals surface area contributed by atoms with Crippen LogP contribution in [-0.4, -0.2) is 28.8 Å². The molecular weight excluding hydrogens is 402 g/mol. The molecule has 4 rings (SSSR count). The third-order valence-corrected chi connectivity index (χ3v) is 5.31. The summed E-state index contributed by atoms with van der Waals surface area (Å²) in [7, 11) is 0. The Morgan fingerprint density at radius 2 is 1.28 bits per heavy atom. The van der Waals surface area contributed by atoms with E-state index in [1.54, 1.807) is 60.7 Å². The van der Waals surface area contributed by atoms with Gasteiger partial charge in [-0.15, -0.1) is 0 Å². The third kappa shape index (κ3) is 4.73. The second-order valence-electron chi connectivity index (χ2n) is 7.52. The molecule has 0 unspecified atom stereocenters. The number of carbonyl (C=O) groups excluding carboxylic acids is 2. The number of aliphatic carboxylic acids is 1. The van der Waals surface area contributed by atoms with Gasteiger partial charge in [0.25, 0.3) is 5.91 Å². The van der Waals surface area contributed by atoms with Gasteiger partial charge in [-0.25, -0.2) is 4.79 Å². The maximum atomic E-state index is 12.7. The molecule has 0 aliphatic rings. The Labute approximate surface area is 185 Å². The van der Waals surface area contributed by atoms with Gasteiger partial charge in [0.1, 0.15) is 6.04 Å². The molecule has 0 aliphatic carbocycles. The number of nitrogens with one attached hydrogen (secondary N) is 1. The Hall–Kier alpha value is -4.25. The highest BCUT2D eigenvalue weighted by Crippen LogP contribution is 2.16. The van der Waals surface area contributed by atoms with Gasteiger partial charge in [-0.1, -0.05) is 84.9 Å². The van der Waals surface area contributed by atoms with E-state index in [0.717, 1.165) is 10.8 Å². The summed E-state index contributed by atoms with van der Waals surface area (Å²) in [6, 6.07) is 27.6. The van der Waals surface area contributed by atoms with Crippen molar-refractivity contribution in [1.82, 2.24) is 5.32 Å². The molecule has 1 atom stereocenters. The number of carboxylic acid groups (broad SMARTS) is 1. The van der Waals surface area contributed by atoms with Crippen molar-refractivity contribution in [3.8, 4) is 0 Å². The first-order valence-electron chi connectivity index (χ1n) is 10.2. The van der Waals surface area contributed by atoms with Gasteiger partial charge in [-0.3, -0.25) is 9.59 Å². The van der Waals surface area contributed by atoms with Crippen LogP contribution in [0.25, 0.3) is 10.8 Å². The molecule has 0 aromatic heterocycles. The average molecular weight is 423 g/mol. The summed E-state index contributed by atoms with van der Waals surface area (Å²) in [6.07, 6.45) is 0.106. The molecule has 0 bridgehead atoms. The number of ketones is 1. The summed E-state index contributed by atoms with van der Waals surface area (Å²) in [6.45, 7) is 0. The average Bonchev–Trinajstić information content (AvgIpc) is 2.83. The summed E-state index contributed by atoms with van der Waals surface area (Å²) in [5.74, 6) is -1.67. The summed E-state index contributed by atoms with van der Waals surface area (Å²) in [5, 5.41) is 14.1. The molecule has 0 spiro atoms. The van der Waals surface area contributed by atoms with E-state index < -0.39 is 17.9 Å². The monoisotopic (exact) mass is 423 g/mol. The molecule has 2 N–H and O–H groups in total. The topological polar surface area (TPSA) is 83.5 Å². The van der Waals surface area contributed by atoms with E-state index in [2.05, 4.69) is 5.32 Å². The minimum atomic E-state index is -1.12. The lowest BCUT2D eigenvalue weighted by Crippen LogP contribution is -2.42. The number of fused-ring (bicyclic) bond motifs is 1. The number of carbonyl (C=O) groups is 3. The summed E-state index contributed by atoms with van der Waals surface area (Å²) in [4.78, 5) is 37.0. The van der Waals surface area contributed by atoms with Crippen molar-refractivity contribution in [1.29, 1.82) is 0 Å². The van der Waals surface area contributed by atoms with Crippen molar-refractivity contribution in [2.75, 3.05) is 0 Å². The van der Waals surface area contributed by atoms with Crippen LogP contribution in [-0.2, 0) is 11.2 Å². The van der Waals surface area contributed by atoms with Crippen molar-refractivity contribution in [2.24, 2.45) is 0 Å². The molecule has 32 heavy (non-hydrogen) atoms. The zero-order valence-corrected chi connectivity index (χ0v) is 17.2. The Balaban J connectivity index is 1.46. The molecule has 5 nitrogen and oxygen atoms in total. The standard InChI is InChI=1S/C27H21NO4/c29-25(20-7-2-1-3-8-20)21-12-10-18(11-13-21)16-24(27(31)32)28-26(30)23-15-14-19-6-4-5-9-22(19)17-23/h1-15,17,24H,16H2,(H,28,30)(H,31,32)/t24-/m1/s1. The predicted octanol–water partition coefficient (Wildman–Crippen LogP) is 4.50. The Kier molecular flexibility index (Phi) is 6.08. The number of hydrogen-bond acceptors (Lipinski definition) is 3. The van der Waals surface area contributed by atoms with Crippen LogP contribution in [0.1, 0.15) is 31.8 Å². The molecule has 0 aliphatic heterocycles. The van der Waals surface area contributed by atoms with E-state index in [-0.39, 0.29) is 12.2 Å². The highest BCUT2D eigenvalue weighted by molar-refractivity contribution is 6.09. The number of carboxylic acids is 1. The molecule has 158 valence electrons. The molecule has 0 saturated heterocycles. The van der Waals surface area contributed by atoms with Crippen LogP contribution >= 0.6 is 0 Å². The Morgan fingerprint density at radius 1 is 0.688 bits per heavy atom. The van der Waals surface area contributed by atoms with Gasteiger partial charge in [-0.05, 0) is 28.5 Å². The summed E-state index contributed by atoms with van der Waals surface area (Å²) < 4.78 is 0. The molecule has 0 fully saturated rings. The number of benzene rings is 4. The van der Waals surface area contributed by atoms with E-state index in [0.29, 0.717) is 22.3 Å². The van der Waals surface area contributed by atoms with Gasteiger partial charge in [0.15, 0.2) is 5.78 Å². The van der Waals surface area contributed by atoms with Crippen LogP contribution in [0.3, 0.4) is 0 Å². The molecule has 5 heteroatoms. The van der Waals surface area contributed by atoms with Crippen molar-refractivity contribution < 1.29 is 19.5 Å². The van der Waals surface area contributed by atoms with Crippen molar-refractivity contribution in [3.05, 3.63) is 119 Å². The first-order valence-corrected chi connectivity index (χ1v) is 10.2. The van der Waals surface area contributed by atoms with Gasteiger partial charge in [0, 0.05) is 23.1 Å². The molecular formula is C27H21NO4. The van der Waals surface area contributed by atoms with E-state index >= 15 is 0 Å². The number of rotatable bonds is 7. The SMILES string of the molecule is O=C(N[C@H](Cc1ccc(C(=O)c2ccccc2)cc1)C(=O)O)c1ccc2ccccc2c1. The molecule has 0 radical (unpaired) electrons. The molecule has 4 aromatic carbocycles. The lowest BCUT2D eigenvalue weighted by atomic mass is 9.99. The lowest BCUT2D eigenvalue weighted by Gasteiger charge is -2.15. The molecule has 0 saturated carbocycles. The normalized spacial score (nSPS) is 11.6. The minimum Gasteiger partial charge on any atom is -0.480 e. The second-order valence-corrected chi connectivity index (χ2v) is 7.52. The maximum absolute atomic E-state index is 12.7. The van der Waals surface area contributed by atoms with Gasteiger partial charge in [0.2, 0.25) is 0 Å². The highest BCUT2D eigenvalue weighted by Gasteiger charge is 2.21. The van der Waals surface area contributed by atoms with Gasteiger partial charge < -0.3 is 10.4 Å². The molecule has 0 heterocycles. The van der Waals surface area contributed by atoms with Crippen LogP contribution in [0.5, 0.6) is 0 Å². The van der Waals surface area contributed by atoms with Crippen LogP contribution in [0.2, 0.25) is 0 Å². The summed E-state index contributed by atoms with van der Waals surface area (Å²) >= 11 is 0. The van der Waals surface area contributed by atoms with Crippen molar-refractivity contribution >= 4 is 28.4 Å². The van der Waals surface area contributed by atoms with Crippen molar-refractivity contribution in [2.45, 2.75) is 12.5 Å². The van der Waals surface area contributed by atoms with Crippen LogP contribution < -0.4 is 5.32 Å². The van der Waals surface area contributed by atoms with Crippen LogP contribution in [0.4, 0.5) is 0 Å². The number of hydrogen-bond donors (Lipinski definition) is 2. The van der Waals surface area contributed by atoms with E-state index in [4.69, 9.17) is 0 Å². The number of amides is 1. The van der Waals surface area contributed by atoms with E-state index in [9.17, 15) is 19.5 Å². The lowest BCUT2D eigenvalue weighted by molar-refractivity contribution is -0.139. The third-order valence-electron chi connectivity index (χ3n) is 5.31. The fraction of sp³-hybridized carbons (Fsp3) is 0.0741. The first-order chi connectivity index (χ1) is 15.5. The molecule has 1 amide bonds. The molecule has 4 aromatic rings. The van der Waals surface area contributed by atoms with Gasteiger partial charge in [0.05, 0.1) is 0 Å². The minimum absolute atomic E-state index is 0.100. The van der Waals surface area contributed by atoms with E-state index in [1.165, 1.54) is 0 Å². The quantitative estimate of drug-likeness (QED) is 0.429. The predicted molar refractivity (Wildman–Crippen MR) is 123 cm³/mol. The zero-order valence-electron chi connectivity index (χ0n) is 17.2. The Morgan fingerprint density at radius 3 is 1.97 bits per heavy atom. The second kappa shape index (κ2) is 9.27. The Bertz CT molecular complexity index is 1280. The summed E-state index contributed by atoms with van der Waals surface area (Å²) in [5.41, 5.74) is 2.22. The van der Waals surface area contributed by atoms with Crippen LogP contribution in [0, 0.1) is 0 Å². The zero-order chi connectivity index (χ0) is 22.5. The fourth-order valence-corrected chi connectivity index (χ4v) is 3.56. The fourth-order valence-electron chi connectivity index (χ4n) is 3.56. The maximum Gasteiger partial charge on any atom is 0.326 e.